The van der Waals surface area contributed by atoms with Crippen molar-refractivity contribution in [3.8, 4) is 21.9 Å². The van der Waals surface area contributed by atoms with Gasteiger partial charge in [0, 0.05) is 18.5 Å². The number of hydrogen-bond donors (Lipinski definition) is 3. The molecule has 12 heteroatoms. The molecule has 2 aromatic rings. The Morgan fingerprint density at radius 3 is 2.47 bits per heavy atom. The monoisotopic (exact) mass is 487 g/mol. The van der Waals surface area contributed by atoms with Crippen LogP contribution in [0.25, 0.3) is 10.4 Å². The minimum Gasteiger partial charge on any atom is -0.506 e. The van der Waals surface area contributed by atoms with Crippen LogP contribution in [0.5, 0.6) is 11.5 Å². The van der Waals surface area contributed by atoms with Gasteiger partial charge < -0.3 is 19.8 Å². The number of carboxylic acids is 1. The third-order valence-corrected chi connectivity index (χ3v) is 6.32. The summed E-state index contributed by atoms with van der Waals surface area (Å²) in [5, 5.41) is 25.9. The van der Waals surface area contributed by atoms with E-state index in [0.717, 1.165) is 0 Å². The van der Waals surface area contributed by atoms with Gasteiger partial charge in [0.15, 0.2) is 5.11 Å². The third-order valence-electron chi connectivity index (χ3n) is 4.96. The first kappa shape index (κ1) is 23.8. The highest BCUT2D eigenvalue weighted by atomic mass is 32.1. The largest absolute Gasteiger partial charge is 0.573 e. The number of aromatic hydroxyl groups is 1. The lowest BCUT2D eigenvalue weighted by Crippen LogP contribution is -2.44. The first-order valence-electron chi connectivity index (χ1n) is 9.54. The predicted octanol–water partition coefficient (Wildman–Crippen LogP) is 4.41. The van der Waals surface area contributed by atoms with Crippen LogP contribution in [0.1, 0.15) is 25.3 Å². The second kappa shape index (κ2) is 9.74. The van der Waals surface area contributed by atoms with Gasteiger partial charge in [0.25, 0.3) is 0 Å². The summed E-state index contributed by atoms with van der Waals surface area (Å²) in [6, 6.07) is 5.21. The van der Waals surface area contributed by atoms with Gasteiger partial charge in [-0.25, -0.2) is 0 Å². The average Bonchev–Trinajstić information content (AvgIpc) is 3.12. The highest BCUT2D eigenvalue weighted by molar-refractivity contribution is 7.80. The molecule has 0 unspecified atom stereocenters. The molecule has 1 saturated heterocycles. The first-order chi connectivity index (χ1) is 15.0. The molecule has 0 bridgehead atoms. The molecule has 0 saturated carbocycles. The molecule has 2 heterocycles. The number of hydrogen-bond acceptors (Lipinski definition) is 6. The van der Waals surface area contributed by atoms with Gasteiger partial charge in [-0.15, -0.1) is 24.5 Å². The van der Waals surface area contributed by atoms with E-state index in [2.05, 4.69) is 15.3 Å². The Balaban J connectivity index is 1.64. The number of piperidine rings is 1. The lowest BCUT2D eigenvalue weighted by molar-refractivity contribution is -0.274. The Hall–Kier alpha value is -2.86. The predicted molar refractivity (Wildman–Crippen MR) is 118 cm³/mol. The Bertz CT molecular complexity index is 1010. The van der Waals surface area contributed by atoms with Crippen molar-refractivity contribution in [3.05, 3.63) is 35.2 Å². The van der Waals surface area contributed by atoms with Crippen LogP contribution >= 0.6 is 23.6 Å². The van der Waals surface area contributed by atoms with Crippen molar-refractivity contribution < 1.29 is 32.9 Å². The maximum atomic E-state index is 12.3. The molecular formula is C20H20F3N3O4S2. The number of aliphatic carboxylic acids is 1. The normalized spacial score (nSPS) is 15.5. The van der Waals surface area contributed by atoms with E-state index in [4.69, 9.17) is 17.3 Å². The molecule has 0 spiro atoms. The van der Waals surface area contributed by atoms with Crippen LogP contribution in [0, 0.1) is 5.92 Å². The number of carboxylic acid groups (broad SMARTS) is 1. The van der Waals surface area contributed by atoms with Crippen molar-refractivity contribution in [2.45, 2.75) is 26.1 Å². The van der Waals surface area contributed by atoms with Gasteiger partial charge in [0.05, 0.1) is 22.1 Å². The van der Waals surface area contributed by atoms with E-state index in [1.54, 1.807) is 12.3 Å². The van der Waals surface area contributed by atoms with E-state index in [1.165, 1.54) is 35.6 Å². The lowest BCUT2D eigenvalue weighted by Gasteiger charge is -2.31. The summed E-state index contributed by atoms with van der Waals surface area (Å²) in [7, 11) is 0. The molecule has 1 aliphatic heterocycles. The minimum atomic E-state index is -4.77. The fourth-order valence-electron chi connectivity index (χ4n) is 3.21. The summed E-state index contributed by atoms with van der Waals surface area (Å²) in [6.07, 6.45) is -3.77. The molecule has 3 N–H and O–H groups in total. The van der Waals surface area contributed by atoms with Crippen LogP contribution in [-0.2, 0) is 4.79 Å². The number of hydrazone groups is 1. The van der Waals surface area contributed by atoms with E-state index in [0.29, 0.717) is 52.8 Å². The van der Waals surface area contributed by atoms with Gasteiger partial charge in [0.2, 0.25) is 0 Å². The van der Waals surface area contributed by atoms with Gasteiger partial charge in [-0.1, -0.05) is 0 Å². The summed E-state index contributed by atoms with van der Waals surface area (Å²) in [4.78, 5) is 13.4. The van der Waals surface area contributed by atoms with E-state index in [-0.39, 0.29) is 17.4 Å². The molecule has 32 heavy (non-hydrogen) atoms. The number of halogens is 3. The fourth-order valence-corrected chi connectivity index (χ4v) is 4.45. The van der Waals surface area contributed by atoms with Crippen molar-refractivity contribution in [3.63, 3.8) is 0 Å². The highest BCUT2D eigenvalue weighted by Gasteiger charge is 2.31. The summed E-state index contributed by atoms with van der Waals surface area (Å²) in [6.45, 7) is 2.70. The number of nitrogens with one attached hydrogen (secondary N) is 1. The van der Waals surface area contributed by atoms with Gasteiger partial charge in [-0.3, -0.25) is 10.2 Å². The van der Waals surface area contributed by atoms with Crippen LogP contribution in [0.2, 0.25) is 0 Å². The molecule has 0 aliphatic carbocycles. The number of carbonyl (C=O) groups is 1. The van der Waals surface area contributed by atoms with Crippen LogP contribution < -0.4 is 10.2 Å². The third kappa shape index (κ3) is 5.88. The number of thiophene rings is 1. The van der Waals surface area contributed by atoms with Crippen molar-refractivity contribution >= 4 is 40.3 Å². The molecule has 172 valence electrons. The number of likely N-dealkylation sites (tertiary alicyclic amines) is 1. The van der Waals surface area contributed by atoms with Gasteiger partial charge in [-0.05, 0) is 61.8 Å². The first-order valence-corrected chi connectivity index (χ1v) is 10.8. The van der Waals surface area contributed by atoms with Crippen molar-refractivity contribution in [1.29, 1.82) is 0 Å². The van der Waals surface area contributed by atoms with Crippen molar-refractivity contribution in [2.75, 3.05) is 13.1 Å². The summed E-state index contributed by atoms with van der Waals surface area (Å²) < 4.78 is 40.8. The van der Waals surface area contributed by atoms with Crippen LogP contribution in [0.3, 0.4) is 0 Å². The molecule has 3 rings (SSSR count). The maximum Gasteiger partial charge on any atom is 0.573 e. The fraction of sp³-hybridized carbons (Fsp3) is 0.350. The number of benzene rings is 1. The molecule has 1 fully saturated rings. The van der Waals surface area contributed by atoms with E-state index < -0.39 is 12.3 Å². The minimum absolute atomic E-state index is 0.0456. The standard InChI is InChI=1S/C20H20F3N3O4S2/c1-11(24-25-19(31)26-8-6-13(7-9-26)18(28)29)15-10-32-17(16(15)27)12-2-4-14(5-3-12)30-20(21,22)23/h2-5,10,13,27H,6-9H2,1H3,(H,25,31)(H,28,29)/b24-11+. The van der Waals surface area contributed by atoms with Gasteiger partial charge in [-0.2, -0.15) is 5.10 Å². The number of rotatable bonds is 5. The van der Waals surface area contributed by atoms with Crippen molar-refractivity contribution in [2.24, 2.45) is 11.0 Å². The molecule has 7 nitrogen and oxygen atoms in total. The molecule has 1 aromatic heterocycles. The summed E-state index contributed by atoms with van der Waals surface area (Å²) >= 11 is 6.54. The van der Waals surface area contributed by atoms with Gasteiger partial charge >= 0.3 is 12.3 Å². The molecule has 0 radical (unpaired) electrons. The van der Waals surface area contributed by atoms with Gasteiger partial charge in [0.1, 0.15) is 11.5 Å². The number of ether oxygens (including phenoxy) is 1. The maximum absolute atomic E-state index is 12.3. The Morgan fingerprint density at radius 2 is 1.91 bits per heavy atom. The van der Waals surface area contributed by atoms with E-state index in [9.17, 15) is 23.1 Å². The lowest BCUT2D eigenvalue weighted by atomic mass is 9.97. The number of thiocarbonyl (C=S) groups is 1. The topological polar surface area (TPSA) is 94.4 Å². The average molecular weight is 488 g/mol. The zero-order valence-electron chi connectivity index (χ0n) is 16.8. The smallest absolute Gasteiger partial charge is 0.506 e. The Kier molecular flexibility index (Phi) is 7.24. The van der Waals surface area contributed by atoms with E-state index in [1.807, 2.05) is 4.90 Å². The Labute approximate surface area is 191 Å². The summed E-state index contributed by atoms with van der Waals surface area (Å²) in [5.41, 5.74) is 4.22. The van der Waals surface area contributed by atoms with E-state index >= 15 is 0 Å². The molecule has 1 aromatic carbocycles. The van der Waals surface area contributed by atoms with Crippen LogP contribution in [-0.4, -0.2) is 51.4 Å². The quantitative estimate of drug-likeness (QED) is 0.327. The zero-order valence-corrected chi connectivity index (χ0v) is 18.5. The van der Waals surface area contributed by atoms with Crippen molar-refractivity contribution in [1.82, 2.24) is 10.3 Å². The zero-order chi connectivity index (χ0) is 23.5. The highest BCUT2D eigenvalue weighted by Crippen LogP contribution is 2.39. The molecule has 0 atom stereocenters. The number of nitrogens with zero attached hydrogens (tertiary/aromatic N) is 2. The van der Waals surface area contributed by atoms with Crippen LogP contribution in [0.4, 0.5) is 13.2 Å². The second-order valence-corrected chi connectivity index (χ2v) is 8.38. The SMILES string of the molecule is C/C(=N\NC(=S)N1CCC(C(=O)O)CC1)c1csc(-c2ccc(OC(F)(F)F)cc2)c1O. The van der Waals surface area contributed by atoms with Crippen LogP contribution in [0.15, 0.2) is 34.7 Å². The number of alkyl halides is 3. The molecule has 1 aliphatic rings. The molecule has 0 amide bonds. The Morgan fingerprint density at radius 1 is 1.28 bits per heavy atom. The summed E-state index contributed by atoms with van der Waals surface area (Å²) in [5.74, 6) is -1.56. The second-order valence-electron chi connectivity index (χ2n) is 7.11. The molecular weight excluding hydrogens is 467 g/mol.